The predicted octanol–water partition coefficient (Wildman–Crippen LogP) is -2.21. The van der Waals surface area contributed by atoms with Crippen LogP contribution in [0.15, 0.2) is 0 Å². The zero-order valence-corrected chi connectivity index (χ0v) is 8.53. The normalized spacial score (nSPS) is 13.2. The number of nitrogens with one attached hydrogen (secondary N) is 1. The molecule has 1 amide bonds. The first-order valence-corrected chi connectivity index (χ1v) is 5.53. The van der Waals surface area contributed by atoms with Crippen LogP contribution in [-0.2, 0) is 19.7 Å². The van der Waals surface area contributed by atoms with Gasteiger partial charge in [0, 0.05) is 6.54 Å². The van der Waals surface area contributed by atoms with E-state index in [9.17, 15) is 18.0 Å². The number of carbonyl (C=O) groups is 2. The molecule has 0 aliphatic carbocycles. The third-order valence-electron chi connectivity index (χ3n) is 1.39. The molecule has 15 heavy (non-hydrogen) atoms. The highest BCUT2D eigenvalue weighted by Gasteiger charge is 2.16. The van der Waals surface area contributed by atoms with Crippen molar-refractivity contribution in [2.24, 2.45) is 5.73 Å². The molecule has 0 aliphatic rings. The van der Waals surface area contributed by atoms with E-state index in [2.05, 4.69) is 5.32 Å². The number of rotatable bonds is 6. The lowest BCUT2D eigenvalue weighted by Crippen LogP contribution is -2.43. The summed E-state index contributed by atoms with van der Waals surface area (Å²) in [6.07, 6.45) is -0.544. The Morgan fingerprint density at radius 3 is 2.33 bits per heavy atom. The molecule has 0 aromatic heterocycles. The number of nitrogens with two attached hydrogens (primary N) is 1. The molecular weight excluding hydrogens is 228 g/mol. The Labute approximate surface area is 86.2 Å². The molecule has 0 aromatic rings. The summed E-state index contributed by atoms with van der Waals surface area (Å²) in [6.45, 7) is -0.314. The molecule has 0 saturated carbocycles. The average molecular weight is 240 g/mol. The van der Waals surface area contributed by atoms with E-state index in [1.54, 1.807) is 0 Å². The summed E-state index contributed by atoms with van der Waals surface area (Å²) in [4.78, 5) is 21.1. The second-order valence-corrected chi connectivity index (χ2v) is 4.35. The van der Waals surface area contributed by atoms with E-state index in [0.29, 0.717) is 0 Å². The summed E-state index contributed by atoms with van der Waals surface area (Å²) >= 11 is 0. The van der Waals surface area contributed by atoms with Gasteiger partial charge in [0.25, 0.3) is 10.1 Å². The molecule has 0 aliphatic heterocycles. The molecule has 0 radical (unpaired) electrons. The summed E-state index contributed by atoms with van der Waals surface area (Å²) in [5.74, 6) is -2.65. The molecule has 0 spiro atoms. The van der Waals surface area contributed by atoms with Gasteiger partial charge >= 0.3 is 5.97 Å². The molecule has 0 rings (SSSR count). The van der Waals surface area contributed by atoms with Crippen molar-refractivity contribution in [1.29, 1.82) is 0 Å². The number of amides is 1. The fourth-order valence-electron chi connectivity index (χ4n) is 0.715. The van der Waals surface area contributed by atoms with E-state index in [-0.39, 0.29) is 6.54 Å². The van der Waals surface area contributed by atoms with Crippen LogP contribution in [0.2, 0.25) is 0 Å². The Morgan fingerprint density at radius 2 is 1.93 bits per heavy atom. The van der Waals surface area contributed by atoms with Crippen LogP contribution in [0.3, 0.4) is 0 Å². The van der Waals surface area contributed by atoms with Crippen LogP contribution in [0.1, 0.15) is 6.42 Å². The molecule has 9 heteroatoms. The number of hydrogen-bond acceptors (Lipinski definition) is 5. The van der Waals surface area contributed by atoms with Gasteiger partial charge in [-0.05, 0) is 0 Å². The van der Waals surface area contributed by atoms with Crippen molar-refractivity contribution in [3.8, 4) is 0 Å². The van der Waals surface area contributed by atoms with E-state index in [4.69, 9.17) is 15.4 Å². The van der Waals surface area contributed by atoms with Crippen LogP contribution in [0.5, 0.6) is 0 Å². The summed E-state index contributed by atoms with van der Waals surface area (Å²) in [6, 6.07) is -1.23. The first kappa shape index (κ1) is 13.8. The fraction of sp³-hybridized carbons (Fsp3) is 0.667. The molecule has 1 atom stereocenters. The van der Waals surface area contributed by atoms with Crippen molar-refractivity contribution in [3.63, 3.8) is 0 Å². The molecule has 0 bridgehead atoms. The van der Waals surface area contributed by atoms with Gasteiger partial charge in [0.2, 0.25) is 5.91 Å². The van der Waals surface area contributed by atoms with Crippen LogP contribution in [0.4, 0.5) is 0 Å². The molecule has 1 unspecified atom stereocenters. The molecular formula is C6H12N2O6S. The maximum absolute atomic E-state index is 11.0. The third kappa shape index (κ3) is 7.85. The lowest BCUT2D eigenvalue weighted by molar-refractivity contribution is -0.139. The van der Waals surface area contributed by atoms with Crippen LogP contribution >= 0.6 is 0 Å². The maximum atomic E-state index is 11.0. The van der Waals surface area contributed by atoms with Gasteiger partial charge in [-0.3, -0.25) is 14.1 Å². The molecule has 0 fully saturated rings. The van der Waals surface area contributed by atoms with E-state index < -0.39 is 40.2 Å². The molecule has 5 N–H and O–H groups in total. The highest BCUT2D eigenvalue weighted by molar-refractivity contribution is 7.85. The van der Waals surface area contributed by atoms with E-state index in [0.717, 1.165) is 0 Å². The van der Waals surface area contributed by atoms with Gasteiger partial charge in [0.1, 0.15) is 0 Å². The highest BCUT2D eigenvalue weighted by atomic mass is 32.2. The lowest BCUT2D eigenvalue weighted by atomic mass is 10.2. The summed E-state index contributed by atoms with van der Waals surface area (Å²) in [5.41, 5.74) is 5.16. The van der Waals surface area contributed by atoms with E-state index in [1.807, 2.05) is 0 Å². The minimum Gasteiger partial charge on any atom is -0.481 e. The largest absolute Gasteiger partial charge is 0.481 e. The highest BCUT2D eigenvalue weighted by Crippen LogP contribution is 1.88. The first-order valence-electron chi connectivity index (χ1n) is 3.92. The number of carboxylic acid groups (broad SMARTS) is 1. The van der Waals surface area contributed by atoms with Crippen molar-refractivity contribution < 1.29 is 27.7 Å². The van der Waals surface area contributed by atoms with Crippen molar-refractivity contribution in [2.75, 3.05) is 12.3 Å². The molecule has 88 valence electrons. The lowest BCUT2D eigenvalue weighted by Gasteiger charge is -2.08. The second kappa shape index (κ2) is 5.63. The van der Waals surface area contributed by atoms with Crippen molar-refractivity contribution >= 4 is 22.0 Å². The maximum Gasteiger partial charge on any atom is 0.305 e. The van der Waals surface area contributed by atoms with Crippen LogP contribution in [0, 0.1) is 0 Å². The molecule has 0 saturated heterocycles. The quantitative estimate of drug-likeness (QED) is 0.385. The minimum atomic E-state index is -4.14. The monoisotopic (exact) mass is 240 g/mol. The number of carboxylic acids is 1. The van der Waals surface area contributed by atoms with Gasteiger partial charge in [-0.25, -0.2) is 0 Å². The number of carbonyl (C=O) groups excluding carboxylic acids is 1. The van der Waals surface area contributed by atoms with Gasteiger partial charge < -0.3 is 16.2 Å². The SMILES string of the molecule is NC(CC(=O)O)C(=O)NCCS(=O)(=O)O. The zero-order chi connectivity index (χ0) is 12.1. The van der Waals surface area contributed by atoms with Crippen LogP contribution in [-0.4, -0.2) is 48.3 Å². The molecule has 0 heterocycles. The zero-order valence-electron chi connectivity index (χ0n) is 7.71. The Bertz CT molecular complexity index is 338. The van der Waals surface area contributed by atoms with E-state index in [1.165, 1.54) is 0 Å². The Morgan fingerprint density at radius 1 is 1.40 bits per heavy atom. The third-order valence-corrected chi connectivity index (χ3v) is 2.11. The minimum absolute atomic E-state index is 0.314. The molecule has 8 nitrogen and oxygen atoms in total. The van der Waals surface area contributed by atoms with Crippen molar-refractivity contribution in [1.82, 2.24) is 5.32 Å². The van der Waals surface area contributed by atoms with Crippen molar-refractivity contribution in [2.45, 2.75) is 12.5 Å². The Hall–Kier alpha value is -1.19. The van der Waals surface area contributed by atoms with Gasteiger partial charge in [-0.1, -0.05) is 0 Å². The summed E-state index contributed by atoms with van der Waals surface area (Å²) in [7, 11) is -4.14. The second-order valence-electron chi connectivity index (χ2n) is 2.78. The average Bonchev–Trinajstić information content (AvgIpc) is 2.00. The Balaban J connectivity index is 3.89. The van der Waals surface area contributed by atoms with Crippen LogP contribution < -0.4 is 11.1 Å². The number of hydrogen-bond donors (Lipinski definition) is 4. The fourth-order valence-corrected chi connectivity index (χ4v) is 1.08. The van der Waals surface area contributed by atoms with Gasteiger partial charge in [-0.2, -0.15) is 8.42 Å². The number of aliphatic carboxylic acids is 1. The van der Waals surface area contributed by atoms with Gasteiger partial charge in [0.15, 0.2) is 0 Å². The summed E-state index contributed by atoms with van der Waals surface area (Å²) < 4.78 is 28.8. The first-order chi connectivity index (χ1) is 6.72. The molecule has 0 aromatic carbocycles. The standard InChI is InChI=1S/C6H12N2O6S/c7-4(3-5(9)10)6(11)8-1-2-15(12,13)14/h4H,1-3,7H2,(H,8,11)(H,9,10)(H,12,13,14). The predicted molar refractivity (Wildman–Crippen MR) is 49.7 cm³/mol. The van der Waals surface area contributed by atoms with Crippen LogP contribution in [0.25, 0.3) is 0 Å². The Kier molecular flexibility index (Phi) is 5.19. The topological polar surface area (TPSA) is 147 Å². The van der Waals surface area contributed by atoms with Gasteiger partial charge in [-0.15, -0.1) is 0 Å². The van der Waals surface area contributed by atoms with Crippen molar-refractivity contribution in [3.05, 3.63) is 0 Å². The smallest absolute Gasteiger partial charge is 0.305 e. The van der Waals surface area contributed by atoms with E-state index >= 15 is 0 Å². The van der Waals surface area contributed by atoms with Gasteiger partial charge in [0.05, 0.1) is 18.2 Å². The summed E-state index contributed by atoms with van der Waals surface area (Å²) in [5, 5.41) is 10.4.